The fourth-order valence-corrected chi connectivity index (χ4v) is 2.52. The number of urea groups is 1. The van der Waals surface area contributed by atoms with Gasteiger partial charge in [0.15, 0.2) is 0 Å². The van der Waals surface area contributed by atoms with Crippen LogP contribution in [0.15, 0.2) is 0 Å². The maximum atomic E-state index is 11.3. The fraction of sp³-hybridized carbons (Fsp3) is 0.933. The molecule has 3 N–H and O–H groups in total. The van der Waals surface area contributed by atoms with E-state index in [2.05, 4.69) is 17.6 Å². The highest BCUT2D eigenvalue weighted by atomic mass is 16.5. The van der Waals surface area contributed by atoms with Gasteiger partial charge in [-0.25, -0.2) is 4.79 Å². The SMILES string of the molecule is CC1CCCC(OCC(O)CNCCNC(=O)N(C)C)C1. The molecule has 1 saturated carbocycles. The Bertz CT molecular complexity index is 300. The first kappa shape index (κ1) is 18.2. The van der Waals surface area contributed by atoms with Crippen LogP contribution in [0.4, 0.5) is 4.79 Å². The van der Waals surface area contributed by atoms with Crippen LogP contribution < -0.4 is 10.6 Å². The van der Waals surface area contributed by atoms with Crippen molar-refractivity contribution in [2.24, 2.45) is 5.92 Å². The van der Waals surface area contributed by atoms with Gasteiger partial charge in [0, 0.05) is 33.7 Å². The molecule has 0 radical (unpaired) electrons. The number of carbonyl (C=O) groups is 1. The van der Waals surface area contributed by atoms with E-state index in [0.717, 1.165) is 18.8 Å². The second-order valence-electron chi connectivity index (χ2n) is 6.21. The monoisotopic (exact) mass is 301 g/mol. The van der Waals surface area contributed by atoms with Gasteiger partial charge in [0.25, 0.3) is 0 Å². The van der Waals surface area contributed by atoms with Crippen LogP contribution in [0.25, 0.3) is 0 Å². The Kier molecular flexibility index (Phi) is 8.64. The van der Waals surface area contributed by atoms with Gasteiger partial charge >= 0.3 is 6.03 Å². The Morgan fingerprint density at radius 2 is 2.14 bits per heavy atom. The van der Waals surface area contributed by atoms with Crippen molar-refractivity contribution in [3.8, 4) is 0 Å². The van der Waals surface area contributed by atoms with Crippen molar-refractivity contribution in [1.82, 2.24) is 15.5 Å². The summed E-state index contributed by atoms with van der Waals surface area (Å²) >= 11 is 0. The van der Waals surface area contributed by atoms with Crippen molar-refractivity contribution >= 4 is 6.03 Å². The van der Waals surface area contributed by atoms with Crippen LogP contribution >= 0.6 is 0 Å². The molecule has 3 unspecified atom stereocenters. The van der Waals surface area contributed by atoms with E-state index in [1.54, 1.807) is 14.1 Å². The molecule has 0 aromatic heterocycles. The molecule has 1 fully saturated rings. The zero-order valence-electron chi connectivity index (χ0n) is 13.6. The smallest absolute Gasteiger partial charge is 0.316 e. The third kappa shape index (κ3) is 8.24. The average molecular weight is 301 g/mol. The molecule has 0 aromatic rings. The Balaban J connectivity index is 1.98. The molecule has 1 aliphatic rings. The van der Waals surface area contributed by atoms with Crippen LogP contribution in [-0.2, 0) is 4.74 Å². The first-order valence-corrected chi connectivity index (χ1v) is 7.94. The van der Waals surface area contributed by atoms with Gasteiger partial charge < -0.3 is 25.4 Å². The van der Waals surface area contributed by atoms with Gasteiger partial charge in [-0.15, -0.1) is 0 Å². The Hall–Kier alpha value is -0.850. The maximum Gasteiger partial charge on any atom is 0.316 e. The molecule has 0 aliphatic heterocycles. The minimum absolute atomic E-state index is 0.105. The molecular weight excluding hydrogens is 270 g/mol. The highest BCUT2D eigenvalue weighted by Crippen LogP contribution is 2.25. The van der Waals surface area contributed by atoms with Gasteiger partial charge in [-0.2, -0.15) is 0 Å². The lowest BCUT2D eigenvalue weighted by atomic mass is 9.89. The minimum Gasteiger partial charge on any atom is -0.389 e. The van der Waals surface area contributed by atoms with Gasteiger partial charge in [-0.1, -0.05) is 19.8 Å². The lowest BCUT2D eigenvalue weighted by Crippen LogP contribution is -2.40. The van der Waals surface area contributed by atoms with E-state index in [0.29, 0.717) is 32.3 Å². The van der Waals surface area contributed by atoms with Gasteiger partial charge in [0.2, 0.25) is 0 Å². The van der Waals surface area contributed by atoms with Crippen LogP contribution in [0.2, 0.25) is 0 Å². The quantitative estimate of drug-likeness (QED) is 0.580. The van der Waals surface area contributed by atoms with Crippen LogP contribution in [0.5, 0.6) is 0 Å². The van der Waals surface area contributed by atoms with Crippen LogP contribution in [-0.4, -0.2) is 68.6 Å². The standard InChI is InChI=1S/C15H31N3O3/c1-12-5-4-6-14(9-12)21-11-13(19)10-16-7-8-17-15(20)18(2)3/h12-14,16,19H,4-11H2,1-3H3,(H,17,20). The Morgan fingerprint density at radius 1 is 1.38 bits per heavy atom. The molecule has 0 bridgehead atoms. The lowest BCUT2D eigenvalue weighted by Gasteiger charge is -2.27. The third-order valence-corrected chi connectivity index (χ3v) is 3.78. The highest BCUT2D eigenvalue weighted by molar-refractivity contribution is 5.73. The number of carbonyl (C=O) groups excluding carboxylic acids is 1. The van der Waals surface area contributed by atoms with E-state index in [-0.39, 0.29) is 6.03 Å². The molecule has 6 heteroatoms. The summed E-state index contributed by atoms with van der Waals surface area (Å²) in [6, 6.07) is -0.105. The number of aliphatic hydroxyl groups is 1. The summed E-state index contributed by atoms with van der Waals surface area (Å²) < 4.78 is 5.78. The summed E-state index contributed by atoms with van der Waals surface area (Å²) in [6.45, 7) is 4.31. The minimum atomic E-state index is -0.494. The van der Waals surface area contributed by atoms with Crippen molar-refractivity contribution in [2.45, 2.75) is 44.8 Å². The van der Waals surface area contributed by atoms with Crippen molar-refractivity contribution in [1.29, 1.82) is 0 Å². The van der Waals surface area contributed by atoms with Gasteiger partial charge in [0.1, 0.15) is 0 Å². The second kappa shape index (κ2) is 9.97. The predicted molar refractivity (Wildman–Crippen MR) is 83.3 cm³/mol. The summed E-state index contributed by atoms with van der Waals surface area (Å²) in [5.74, 6) is 0.735. The molecule has 6 nitrogen and oxygen atoms in total. The number of rotatable bonds is 8. The van der Waals surface area contributed by atoms with Crippen LogP contribution in [0.1, 0.15) is 32.6 Å². The zero-order chi connectivity index (χ0) is 15.7. The van der Waals surface area contributed by atoms with E-state index < -0.39 is 6.10 Å². The molecule has 0 aromatic carbocycles. The molecule has 0 spiro atoms. The van der Waals surface area contributed by atoms with Crippen molar-refractivity contribution in [3.05, 3.63) is 0 Å². The number of nitrogens with zero attached hydrogens (tertiary/aromatic N) is 1. The summed E-state index contributed by atoms with van der Waals surface area (Å²) in [5.41, 5.74) is 0. The maximum absolute atomic E-state index is 11.3. The summed E-state index contributed by atoms with van der Waals surface area (Å²) in [6.07, 6.45) is 4.56. The lowest BCUT2D eigenvalue weighted by molar-refractivity contribution is -0.0305. The van der Waals surface area contributed by atoms with E-state index >= 15 is 0 Å². The molecule has 3 atom stereocenters. The van der Waals surface area contributed by atoms with Gasteiger partial charge in [-0.3, -0.25) is 0 Å². The summed E-state index contributed by atoms with van der Waals surface area (Å²) in [5, 5.41) is 15.7. The summed E-state index contributed by atoms with van der Waals surface area (Å²) in [7, 11) is 3.41. The molecule has 1 rings (SSSR count). The molecule has 124 valence electrons. The number of hydrogen-bond acceptors (Lipinski definition) is 4. The van der Waals surface area contributed by atoms with E-state index in [1.165, 1.54) is 17.7 Å². The van der Waals surface area contributed by atoms with Crippen molar-refractivity contribution in [3.63, 3.8) is 0 Å². The van der Waals surface area contributed by atoms with Gasteiger partial charge in [0.05, 0.1) is 18.8 Å². The third-order valence-electron chi connectivity index (χ3n) is 3.78. The second-order valence-corrected chi connectivity index (χ2v) is 6.21. The number of nitrogens with one attached hydrogen (secondary N) is 2. The zero-order valence-corrected chi connectivity index (χ0v) is 13.6. The molecule has 0 saturated heterocycles. The van der Waals surface area contributed by atoms with E-state index in [4.69, 9.17) is 4.74 Å². The number of hydrogen-bond donors (Lipinski definition) is 3. The van der Waals surface area contributed by atoms with Crippen LogP contribution in [0, 0.1) is 5.92 Å². The fourth-order valence-electron chi connectivity index (χ4n) is 2.52. The summed E-state index contributed by atoms with van der Waals surface area (Å²) in [4.78, 5) is 12.8. The first-order valence-electron chi connectivity index (χ1n) is 7.94. The first-order chi connectivity index (χ1) is 9.99. The molecule has 21 heavy (non-hydrogen) atoms. The van der Waals surface area contributed by atoms with Crippen molar-refractivity contribution < 1.29 is 14.6 Å². The van der Waals surface area contributed by atoms with Crippen molar-refractivity contribution in [2.75, 3.05) is 40.3 Å². The molecule has 0 heterocycles. The van der Waals surface area contributed by atoms with Gasteiger partial charge in [-0.05, 0) is 18.8 Å². The number of aliphatic hydroxyl groups excluding tert-OH is 1. The predicted octanol–water partition coefficient (Wildman–Crippen LogP) is 0.803. The largest absolute Gasteiger partial charge is 0.389 e. The molecular formula is C15H31N3O3. The highest BCUT2D eigenvalue weighted by Gasteiger charge is 2.20. The normalized spacial score (nSPS) is 23.6. The molecule has 2 amide bonds. The average Bonchev–Trinajstić information content (AvgIpc) is 2.44. The van der Waals surface area contributed by atoms with E-state index in [9.17, 15) is 9.90 Å². The topological polar surface area (TPSA) is 73.8 Å². The number of amides is 2. The Morgan fingerprint density at radius 3 is 2.81 bits per heavy atom. The van der Waals surface area contributed by atoms with Crippen LogP contribution in [0.3, 0.4) is 0 Å². The van der Waals surface area contributed by atoms with E-state index in [1.807, 2.05) is 0 Å². The number of ether oxygens (including phenoxy) is 1. The Labute approximate surface area is 128 Å². The molecule has 1 aliphatic carbocycles.